The van der Waals surface area contributed by atoms with Crippen molar-refractivity contribution in [3.8, 4) is 22.8 Å². The first-order chi connectivity index (χ1) is 12.1. The van der Waals surface area contributed by atoms with Crippen molar-refractivity contribution in [2.75, 3.05) is 0 Å². The van der Waals surface area contributed by atoms with E-state index in [-0.39, 0.29) is 5.02 Å². The summed E-state index contributed by atoms with van der Waals surface area (Å²) in [5, 5.41) is 0.0702. The molecule has 25 heavy (non-hydrogen) atoms. The number of imidazole rings is 1. The van der Waals surface area contributed by atoms with Gasteiger partial charge in [0.25, 0.3) is 0 Å². The summed E-state index contributed by atoms with van der Waals surface area (Å²) >= 11 is 5.85. The van der Waals surface area contributed by atoms with Crippen LogP contribution in [0.1, 0.15) is 11.1 Å². The van der Waals surface area contributed by atoms with E-state index in [1.54, 1.807) is 12.1 Å². The molecule has 4 rings (SSSR count). The summed E-state index contributed by atoms with van der Waals surface area (Å²) in [7, 11) is 0. The average molecular weight is 352 g/mol. The Morgan fingerprint density at radius 1 is 1.00 bits per heavy atom. The lowest BCUT2D eigenvalue weighted by Gasteiger charge is -2.08. The van der Waals surface area contributed by atoms with Crippen LogP contribution in [0.2, 0.25) is 5.02 Å². The van der Waals surface area contributed by atoms with Gasteiger partial charge in [-0.15, -0.1) is 0 Å². The normalized spacial score (nSPS) is 11.2. The van der Waals surface area contributed by atoms with E-state index in [0.717, 1.165) is 17.9 Å². The Kier molecular flexibility index (Phi) is 3.98. The minimum absolute atomic E-state index is 0.0702. The standard InChI is InChI=1S/C20H15ClFN3/c1-13-5-7-14(8-6-13)11-25-10-9-17-18(12-25)24-20(23-17)15-3-2-4-16(21)19(15)22/h2-10,12H,11H2,1H3. The van der Waals surface area contributed by atoms with Crippen molar-refractivity contribution >= 4 is 11.6 Å². The number of aromatic nitrogens is 3. The second-order valence-electron chi connectivity index (χ2n) is 6.02. The largest absolute Gasteiger partial charge is 0.348 e. The summed E-state index contributed by atoms with van der Waals surface area (Å²) < 4.78 is 16.2. The third-order valence-electron chi connectivity index (χ3n) is 4.11. The molecule has 0 atom stereocenters. The van der Waals surface area contributed by atoms with Crippen LogP contribution in [-0.4, -0.2) is 14.5 Å². The molecule has 0 spiro atoms. The van der Waals surface area contributed by atoms with Gasteiger partial charge in [0.2, 0.25) is 0 Å². The molecule has 2 aromatic carbocycles. The molecule has 5 heteroatoms. The summed E-state index contributed by atoms with van der Waals surface area (Å²) in [5.74, 6) is -0.143. The van der Waals surface area contributed by atoms with Gasteiger partial charge in [-0.1, -0.05) is 47.5 Å². The lowest BCUT2D eigenvalue weighted by molar-refractivity contribution is 0.630. The highest BCUT2D eigenvalue weighted by Gasteiger charge is 2.16. The Morgan fingerprint density at radius 3 is 2.56 bits per heavy atom. The molecule has 2 heterocycles. The van der Waals surface area contributed by atoms with Crippen LogP contribution < -0.4 is 0 Å². The van der Waals surface area contributed by atoms with Crippen molar-refractivity contribution in [1.29, 1.82) is 0 Å². The smallest absolute Gasteiger partial charge is 0.163 e. The topological polar surface area (TPSA) is 30.7 Å². The minimum Gasteiger partial charge on any atom is -0.348 e. The van der Waals surface area contributed by atoms with Gasteiger partial charge in [0, 0.05) is 18.9 Å². The number of hydrogen-bond acceptors (Lipinski definition) is 2. The van der Waals surface area contributed by atoms with Gasteiger partial charge in [-0.05, 0) is 30.7 Å². The molecular weight excluding hydrogens is 337 g/mol. The maximum Gasteiger partial charge on any atom is 0.163 e. The van der Waals surface area contributed by atoms with Crippen LogP contribution >= 0.6 is 11.6 Å². The van der Waals surface area contributed by atoms with Gasteiger partial charge in [0.1, 0.15) is 5.69 Å². The van der Waals surface area contributed by atoms with Crippen molar-refractivity contribution in [2.45, 2.75) is 13.5 Å². The fraction of sp³-hybridized carbons (Fsp3) is 0.100. The maximum absolute atomic E-state index is 14.2. The summed E-state index contributed by atoms with van der Waals surface area (Å²) in [6, 6.07) is 15.1. The van der Waals surface area contributed by atoms with Crippen LogP contribution in [0, 0.1) is 12.7 Å². The molecule has 0 N–H and O–H groups in total. The van der Waals surface area contributed by atoms with Gasteiger partial charge in [0.15, 0.2) is 11.6 Å². The Morgan fingerprint density at radius 2 is 1.76 bits per heavy atom. The van der Waals surface area contributed by atoms with Crippen LogP contribution in [0.5, 0.6) is 0 Å². The number of benzene rings is 2. The number of hydrogen-bond donors (Lipinski definition) is 0. The first kappa shape index (κ1) is 15.8. The van der Waals surface area contributed by atoms with Crippen molar-refractivity contribution in [2.24, 2.45) is 0 Å². The van der Waals surface area contributed by atoms with Crippen molar-refractivity contribution in [3.05, 3.63) is 82.9 Å². The van der Waals surface area contributed by atoms with Gasteiger partial charge in [-0.25, -0.2) is 14.4 Å². The van der Waals surface area contributed by atoms with E-state index >= 15 is 0 Å². The van der Waals surface area contributed by atoms with Crippen molar-refractivity contribution in [1.82, 2.24) is 14.5 Å². The fourth-order valence-electron chi connectivity index (χ4n) is 2.75. The first-order valence-electron chi connectivity index (χ1n) is 7.93. The number of aryl methyl sites for hydroxylation is 1. The SMILES string of the molecule is Cc1ccc(Cn2ccc3nc(-c4cccc(Cl)c4F)nc-3c2)cc1. The third-order valence-corrected chi connectivity index (χ3v) is 4.40. The zero-order valence-corrected chi connectivity index (χ0v) is 14.3. The predicted molar refractivity (Wildman–Crippen MR) is 97.3 cm³/mol. The van der Waals surface area contributed by atoms with Gasteiger partial charge in [-0.3, -0.25) is 0 Å². The van der Waals surface area contributed by atoms with E-state index in [4.69, 9.17) is 11.6 Å². The first-order valence-corrected chi connectivity index (χ1v) is 8.31. The molecular formula is C20H15ClFN3. The number of nitrogens with zero attached hydrogens (tertiary/aromatic N) is 3. The lowest BCUT2D eigenvalue weighted by Crippen LogP contribution is -2.00. The van der Waals surface area contributed by atoms with E-state index < -0.39 is 5.82 Å². The number of pyridine rings is 1. The highest BCUT2D eigenvalue weighted by Crippen LogP contribution is 2.29. The van der Waals surface area contributed by atoms with E-state index in [1.807, 2.05) is 23.0 Å². The van der Waals surface area contributed by atoms with Crippen LogP contribution in [0.4, 0.5) is 4.39 Å². The molecule has 124 valence electrons. The van der Waals surface area contributed by atoms with Crippen molar-refractivity contribution < 1.29 is 4.39 Å². The zero-order valence-electron chi connectivity index (χ0n) is 13.6. The molecule has 0 fully saturated rings. The Bertz CT molecular complexity index is 1010. The molecule has 2 aliphatic heterocycles. The van der Waals surface area contributed by atoms with E-state index in [9.17, 15) is 4.39 Å². The average Bonchev–Trinajstić information content (AvgIpc) is 3.02. The lowest BCUT2D eigenvalue weighted by atomic mass is 10.1. The van der Waals surface area contributed by atoms with Gasteiger partial charge in [-0.2, -0.15) is 0 Å². The summed E-state index contributed by atoms with van der Waals surface area (Å²) in [4.78, 5) is 8.89. The molecule has 0 saturated heterocycles. The molecule has 2 aliphatic rings. The molecule has 0 aromatic heterocycles. The number of rotatable bonds is 3. The molecule has 0 saturated carbocycles. The second kappa shape index (κ2) is 6.30. The Balaban J connectivity index is 1.69. The summed E-state index contributed by atoms with van der Waals surface area (Å²) in [6.45, 7) is 2.81. The summed E-state index contributed by atoms with van der Waals surface area (Å²) in [6.07, 6.45) is 3.88. The maximum atomic E-state index is 14.2. The van der Waals surface area contributed by atoms with Crippen LogP contribution in [0.25, 0.3) is 22.8 Å². The molecule has 0 aliphatic carbocycles. The zero-order chi connectivity index (χ0) is 17.4. The molecule has 0 amide bonds. The molecule has 0 unspecified atom stereocenters. The van der Waals surface area contributed by atoms with E-state index in [0.29, 0.717) is 11.4 Å². The van der Waals surface area contributed by atoms with Gasteiger partial charge >= 0.3 is 0 Å². The summed E-state index contributed by atoms with van der Waals surface area (Å²) in [5.41, 5.74) is 4.21. The van der Waals surface area contributed by atoms with Crippen LogP contribution in [0.15, 0.2) is 60.9 Å². The highest BCUT2D eigenvalue weighted by molar-refractivity contribution is 6.31. The van der Waals surface area contributed by atoms with E-state index in [2.05, 4.69) is 41.2 Å². The minimum atomic E-state index is -0.494. The van der Waals surface area contributed by atoms with Crippen molar-refractivity contribution in [3.63, 3.8) is 0 Å². The Labute approximate surface area is 150 Å². The number of fused-ring (bicyclic) bond motifs is 1. The second-order valence-corrected chi connectivity index (χ2v) is 6.43. The highest BCUT2D eigenvalue weighted by atomic mass is 35.5. The van der Waals surface area contributed by atoms with Gasteiger partial charge in [0.05, 0.1) is 16.3 Å². The van der Waals surface area contributed by atoms with E-state index in [1.165, 1.54) is 17.2 Å². The van der Waals surface area contributed by atoms with Crippen LogP contribution in [-0.2, 0) is 6.54 Å². The quantitative estimate of drug-likeness (QED) is 0.508. The third kappa shape index (κ3) is 3.13. The molecule has 0 bridgehead atoms. The van der Waals surface area contributed by atoms with Gasteiger partial charge < -0.3 is 4.57 Å². The molecule has 2 aromatic rings. The monoisotopic (exact) mass is 351 g/mol. The predicted octanol–water partition coefficient (Wildman–Crippen LogP) is 5.20. The fourth-order valence-corrected chi connectivity index (χ4v) is 2.93. The Hall–Kier alpha value is -2.72. The number of halogens is 2. The molecule has 0 radical (unpaired) electrons. The molecule has 3 nitrogen and oxygen atoms in total. The van der Waals surface area contributed by atoms with Crippen LogP contribution in [0.3, 0.4) is 0 Å².